The maximum atomic E-state index is 11.9. The molecule has 4 nitrogen and oxygen atoms in total. The predicted octanol–water partition coefficient (Wildman–Crippen LogP) is 3.09. The van der Waals surface area contributed by atoms with Crippen molar-refractivity contribution in [1.29, 1.82) is 0 Å². The van der Waals surface area contributed by atoms with E-state index in [-0.39, 0.29) is 11.8 Å². The fourth-order valence-electron chi connectivity index (χ4n) is 2.16. The molecule has 2 rings (SSSR count). The highest BCUT2D eigenvalue weighted by molar-refractivity contribution is 7.12. The van der Waals surface area contributed by atoms with Gasteiger partial charge in [-0.05, 0) is 35.6 Å². The van der Waals surface area contributed by atoms with E-state index in [1.165, 1.54) is 23.8 Å². The van der Waals surface area contributed by atoms with Crippen LogP contribution in [-0.2, 0) is 11.2 Å². The summed E-state index contributed by atoms with van der Waals surface area (Å²) < 4.78 is 0. The zero-order valence-electron chi connectivity index (χ0n) is 12.8. The number of nitrogens with zero attached hydrogens (tertiary/aromatic N) is 1. The summed E-state index contributed by atoms with van der Waals surface area (Å²) in [5, 5.41) is 4.71. The Morgan fingerprint density at radius 2 is 1.91 bits per heavy atom. The van der Waals surface area contributed by atoms with Crippen molar-refractivity contribution in [3.8, 4) is 0 Å². The zero-order chi connectivity index (χ0) is 15.9. The lowest BCUT2D eigenvalue weighted by Gasteiger charge is -2.21. The van der Waals surface area contributed by atoms with Crippen molar-refractivity contribution in [2.45, 2.75) is 20.3 Å². The Kier molecular flexibility index (Phi) is 5.72. The summed E-state index contributed by atoms with van der Waals surface area (Å²) >= 11 is 1.40. The molecule has 0 aliphatic heterocycles. The molecule has 1 aromatic heterocycles. The maximum absolute atomic E-state index is 11.9. The van der Waals surface area contributed by atoms with E-state index >= 15 is 0 Å². The number of nitrogens with one attached hydrogen (secondary N) is 1. The minimum atomic E-state index is -0.0974. The van der Waals surface area contributed by atoms with Crippen LogP contribution in [0.25, 0.3) is 0 Å². The Hall–Kier alpha value is -2.14. The van der Waals surface area contributed by atoms with E-state index in [2.05, 4.69) is 12.2 Å². The number of carbonyl (C=O) groups excluding carboxylic acids is 2. The van der Waals surface area contributed by atoms with Crippen molar-refractivity contribution in [3.05, 3.63) is 52.2 Å². The van der Waals surface area contributed by atoms with Crippen molar-refractivity contribution >= 4 is 28.8 Å². The van der Waals surface area contributed by atoms with Crippen LogP contribution in [0.5, 0.6) is 0 Å². The third kappa shape index (κ3) is 4.18. The van der Waals surface area contributed by atoms with E-state index in [9.17, 15) is 9.59 Å². The normalized spacial score (nSPS) is 10.3. The molecule has 0 atom stereocenters. The van der Waals surface area contributed by atoms with E-state index < -0.39 is 0 Å². The van der Waals surface area contributed by atoms with Crippen molar-refractivity contribution < 1.29 is 9.59 Å². The fourth-order valence-corrected chi connectivity index (χ4v) is 2.80. The number of hydrogen-bond donors (Lipinski definition) is 1. The van der Waals surface area contributed by atoms with Gasteiger partial charge in [-0.25, -0.2) is 0 Å². The van der Waals surface area contributed by atoms with Gasteiger partial charge >= 0.3 is 0 Å². The molecule has 116 valence electrons. The second kappa shape index (κ2) is 7.75. The van der Waals surface area contributed by atoms with Gasteiger partial charge in [0.1, 0.15) is 0 Å². The number of amides is 2. The van der Waals surface area contributed by atoms with Gasteiger partial charge in [0.05, 0.1) is 4.88 Å². The third-order valence-corrected chi connectivity index (χ3v) is 4.27. The smallest absolute Gasteiger partial charge is 0.261 e. The number of carbonyl (C=O) groups is 2. The van der Waals surface area contributed by atoms with Crippen molar-refractivity contribution in [3.63, 3.8) is 0 Å². The van der Waals surface area contributed by atoms with Gasteiger partial charge < -0.3 is 10.2 Å². The summed E-state index contributed by atoms with van der Waals surface area (Å²) in [4.78, 5) is 26.0. The van der Waals surface area contributed by atoms with Gasteiger partial charge in [-0.2, -0.15) is 0 Å². The van der Waals surface area contributed by atoms with Crippen LogP contribution in [0.1, 0.15) is 29.1 Å². The zero-order valence-corrected chi connectivity index (χ0v) is 13.7. The summed E-state index contributed by atoms with van der Waals surface area (Å²) in [6.07, 6.45) is 0.969. The molecule has 1 heterocycles. The molecule has 0 saturated carbocycles. The van der Waals surface area contributed by atoms with Gasteiger partial charge in [-0.3, -0.25) is 9.59 Å². The first-order valence-corrected chi connectivity index (χ1v) is 8.18. The lowest BCUT2D eigenvalue weighted by atomic mass is 10.1. The number of anilines is 1. The minimum Gasteiger partial charge on any atom is -0.350 e. The Bertz CT molecular complexity index is 621. The molecule has 5 heteroatoms. The first-order valence-electron chi connectivity index (χ1n) is 7.30. The molecule has 0 spiro atoms. The lowest BCUT2D eigenvalue weighted by Crippen LogP contribution is -2.37. The number of hydrogen-bond acceptors (Lipinski definition) is 3. The van der Waals surface area contributed by atoms with Gasteiger partial charge in [-0.1, -0.05) is 25.1 Å². The summed E-state index contributed by atoms with van der Waals surface area (Å²) in [6, 6.07) is 11.6. The molecule has 0 bridgehead atoms. The van der Waals surface area contributed by atoms with Crippen molar-refractivity contribution in [1.82, 2.24) is 5.32 Å². The standard InChI is InChI=1S/C17H20N2O2S/c1-3-14-6-8-15(9-7-14)19(13(2)20)11-10-18-17(21)16-5-4-12-22-16/h4-9,12H,3,10-11H2,1-2H3,(H,18,21). The van der Waals surface area contributed by atoms with Crippen LogP contribution < -0.4 is 10.2 Å². The second-order valence-corrected chi connectivity index (χ2v) is 5.87. The van der Waals surface area contributed by atoms with E-state index in [0.717, 1.165) is 12.1 Å². The summed E-state index contributed by atoms with van der Waals surface area (Å²) in [7, 11) is 0. The second-order valence-electron chi connectivity index (χ2n) is 4.92. The Balaban J connectivity index is 1.94. The maximum Gasteiger partial charge on any atom is 0.261 e. The Morgan fingerprint density at radius 3 is 2.45 bits per heavy atom. The molecule has 0 unspecified atom stereocenters. The van der Waals surface area contributed by atoms with Crippen molar-refractivity contribution in [2.24, 2.45) is 0 Å². The van der Waals surface area contributed by atoms with E-state index in [4.69, 9.17) is 0 Å². The van der Waals surface area contributed by atoms with Crippen LogP contribution in [0, 0.1) is 0 Å². The molecule has 1 N–H and O–H groups in total. The molecule has 0 aliphatic carbocycles. The van der Waals surface area contributed by atoms with Gasteiger partial charge in [0.25, 0.3) is 5.91 Å². The highest BCUT2D eigenvalue weighted by atomic mass is 32.1. The topological polar surface area (TPSA) is 49.4 Å². The van der Waals surface area contributed by atoms with Gasteiger partial charge in [0, 0.05) is 25.7 Å². The predicted molar refractivity (Wildman–Crippen MR) is 90.5 cm³/mol. The number of aryl methyl sites for hydroxylation is 1. The summed E-state index contributed by atoms with van der Waals surface area (Å²) in [5.41, 5.74) is 2.09. The van der Waals surface area contributed by atoms with E-state index in [0.29, 0.717) is 18.0 Å². The Morgan fingerprint density at radius 1 is 1.18 bits per heavy atom. The number of rotatable bonds is 6. The first-order chi connectivity index (χ1) is 10.6. The van der Waals surface area contributed by atoms with E-state index in [1.54, 1.807) is 11.0 Å². The average molecular weight is 316 g/mol. The Labute approximate surface area is 134 Å². The van der Waals surface area contributed by atoms with Crippen LogP contribution in [0.4, 0.5) is 5.69 Å². The number of benzene rings is 1. The van der Waals surface area contributed by atoms with Crippen LogP contribution >= 0.6 is 11.3 Å². The molecular weight excluding hydrogens is 296 g/mol. The molecule has 0 radical (unpaired) electrons. The molecule has 0 saturated heterocycles. The molecule has 2 amide bonds. The average Bonchev–Trinajstić information content (AvgIpc) is 3.06. The SMILES string of the molecule is CCc1ccc(N(CCNC(=O)c2cccs2)C(C)=O)cc1. The summed E-state index contributed by atoms with van der Waals surface area (Å²) in [6.45, 7) is 4.51. The molecule has 22 heavy (non-hydrogen) atoms. The minimum absolute atomic E-state index is 0.0328. The highest BCUT2D eigenvalue weighted by Crippen LogP contribution is 2.15. The third-order valence-electron chi connectivity index (χ3n) is 3.40. The van der Waals surface area contributed by atoms with E-state index in [1.807, 2.05) is 35.7 Å². The number of thiophene rings is 1. The monoisotopic (exact) mass is 316 g/mol. The fraction of sp³-hybridized carbons (Fsp3) is 0.294. The van der Waals surface area contributed by atoms with Gasteiger partial charge in [-0.15, -0.1) is 11.3 Å². The van der Waals surface area contributed by atoms with Crippen LogP contribution in [0.2, 0.25) is 0 Å². The van der Waals surface area contributed by atoms with Crippen LogP contribution in [-0.4, -0.2) is 24.9 Å². The molecule has 0 fully saturated rings. The quantitative estimate of drug-likeness (QED) is 0.890. The molecular formula is C17H20N2O2S. The highest BCUT2D eigenvalue weighted by Gasteiger charge is 2.12. The molecule has 0 aliphatic rings. The molecule has 2 aromatic rings. The summed E-state index contributed by atoms with van der Waals surface area (Å²) in [5.74, 6) is -0.130. The first kappa shape index (κ1) is 16.2. The van der Waals surface area contributed by atoms with Crippen LogP contribution in [0.15, 0.2) is 41.8 Å². The molecule has 1 aromatic carbocycles. The van der Waals surface area contributed by atoms with Crippen molar-refractivity contribution in [2.75, 3.05) is 18.0 Å². The van der Waals surface area contributed by atoms with Gasteiger partial charge in [0.15, 0.2) is 0 Å². The lowest BCUT2D eigenvalue weighted by molar-refractivity contribution is -0.116. The van der Waals surface area contributed by atoms with Crippen LogP contribution in [0.3, 0.4) is 0 Å². The largest absolute Gasteiger partial charge is 0.350 e. The van der Waals surface area contributed by atoms with Gasteiger partial charge in [0.2, 0.25) is 5.91 Å².